The Morgan fingerprint density at radius 2 is 0.897 bits per heavy atom. The molecular weight excluding hydrogens is 703 g/mol. The fourth-order valence-corrected chi connectivity index (χ4v) is 8.75. The van der Waals surface area contributed by atoms with E-state index in [-0.39, 0.29) is 0 Å². The maximum absolute atomic E-state index is 6.16. The van der Waals surface area contributed by atoms with Crippen LogP contribution in [0.2, 0.25) is 0 Å². The number of benzene rings is 10. The minimum Gasteiger partial charge on any atom is -0.456 e. The zero-order valence-corrected chi connectivity index (χ0v) is 31.7. The van der Waals surface area contributed by atoms with Gasteiger partial charge in [0, 0.05) is 27.7 Å². The molecule has 0 amide bonds. The van der Waals surface area contributed by atoms with E-state index in [1.165, 1.54) is 49.4 Å². The first kappa shape index (κ1) is 33.6. The molecule has 10 aromatic carbocycles. The van der Waals surface area contributed by atoms with E-state index in [0.717, 1.165) is 55.7 Å². The molecule has 0 fully saturated rings. The predicted octanol–water partition coefficient (Wildman–Crippen LogP) is 16.0. The summed E-state index contributed by atoms with van der Waals surface area (Å²) in [6.45, 7) is 0. The number of para-hydroxylation sites is 2. The monoisotopic (exact) mass is 739 g/mol. The van der Waals surface area contributed by atoms with Gasteiger partial charge in [0.25, 0.3) is 0 Å². The molecule has 0 aliphatic carbocycles. The Morgan fingerprint density at radius 3 is 1.76 bits per heavy atom. The molecule has 272 valence electrons. The van der Waals surface area contributed by atoms with Gasteiger partial charge in [0.2, 0.25) is 0 Å². The first-order valence-corrected chi connectivity index (χ1v) is 19.8. The van der Waals surface area contributed by atoms with Crippen molar-refractivity contribution >= 4 is 60.5 Å². The van der Waals surface area contributed by atoms with Gasteiger partial charge in [0.1, 0.15) is 11.2 Å². The number of rotatable bonds is 7. The van der Waals surface area contributed by atoms with E-state index >= 15 is 0 Å². The number of fused-ring (bicyclic) bond motifs is 5. The van der Waals surface area contributed by atoms with Crippen LogP contribution in [-0.4, -0.2) is 0 Å². The van der Waals surface area contributed by atoms with E-state index < -0.39 is 0 Å². The molecule has 1 heterocycles. The van der Waals surface area contributed by atoms with Crippen LogP contribution >= 0.6 is 0 Å². The molecule has 11 rings (SSSR count). The molecule has 58 heavy (non-hydrogen) atoms. The number of nitrogens with zero attached hydrogens (tertiary/aromatic N) is 1. The van der Waals surface area contributed by atoms with Gasteiger partial charge < -0.3 is 9.32 Å². The van der Waals surface area contributed by atoms with Gasteiger partial charge in [0.05, 0.1) is 5.69 Å². The summed E-state index contributed by atoms with van der Waals surface area (Å²) >= 11 is 0. The maximum atomic E-state index is 6.16. The third-order valence-electron chi connectivity index (χ3n) is 11.5. The molecule has 0 saturated carbocycles. The number of hydrogen-bond acceptors (Lipinski definition) is 2. The summed E-state index contributed by atoms with van der Waals surface area (Å²) in [6.07, 6.45) is 0. The molecule has 11 aromatic rings. The normalized spacial score (nSPS) is 11.4. The topological polar surface area (TPSA) is 16.4 Å². The van der Waals surface area contributed by atoms with Gasteiger partial charge in [-0.15, -0.1) is 0 Å². The van der Waals surface area contributed by atoms with Crippen LogP contribution in [0.25, 0.3) is 88.0 Å². The number of anilines is 3. The lowest BCUT2D eigenvalue weighted by molar-refractivity contribution is 0.669. The van der Waals surface area contributed by atoms with Crippen molar-refractivity contribution in [3.63, 3.8) is 0 Å². The largest absolute Gasteiger partial charge is 0.456 e. The summed E-state index contributed by atoms with van der Waals surface area (Å²) in [5, 5.41) is 7.19. The van der Waals surface area contributed by atoms with Crippen molar-refractivity contribution in [1.29, 1.82) is 0 Å². The number of furan rings is 1. The lowest BCUT2D eigenvalue weighted by atomic mass is 9.90. The van der Waals surface area contributed by atoms with Crippen molar-refractivity contribution in [2.45, 2.75) is 0 Å². The first-order valence-electron chi connectivity index (χ1n) is 19.8. The molecule has 0 atom stereocenters. The summed E-state index contributed by atoms with van der Waals surface area (Å²) in [6, 6.07) is 80.9. The van der Waals surface area contributed by atoms with Gasteiger partial charge in [-0.3, -0.25) is 0 Å². The second-order valence-electron chi connectivity index (χ2n) is 14.9. The van der Waals surface area contributed by atoms with Crippen LogP contribution in [0.3, 0.4) is 0 Å². The molecule has 0 aliphatic rings. The van der Waals surface area contributed by atoms with Crippen molar-refractivity contribution in [2.24, 2.45) is 0 Å². The Kier molecular flexibility index (Phi) is 8.19. The Hall–Kier alpha value is -7.68. The van der Waals surface area contributed by atoms with Crippen LogP contribution in [0.5, 0.6) is 0 Å². The van der Waals surface area contributed by atoms with E-state index in [1.54, 1.807) is 0 Å². The Balaban J connectivity index is 1.10. The van der Waals surface area contributed by atoms with Crippen LogP contribution in [0.15, 0.2) is 229 Å². The van der Waals surface area contributed by atoms with E-state index in [2.05, 4.69) is 217 Å². The van der Waals surface area contributed by atoms with Crippen LogP contribution in [0.1, 0.15) is 0 Å². The Bertz CT molecular complexity index is 3270. The Labute approximate surface area is 337 Å². The lowest BCUT2D eigenvalue weighted by Crippen LogP contribution is -2.11. The quantitative estimate of drug-likeness (QED) is 0.162. The molecule has 0 spiro atoms. The standard InChI is InChI=1S/C56H37NO/c1-2-14-40(15-3-1)48-26-12-18-41-19-13-27-51(56(41)48)49-23-6-8-28-53(49)57(45-21-10-20-43(36-45)47-25-11-17-39-16-4-5-22-46(39)47)44-33-30-38(31-34-44)42-32-35-55-52(37-42)50-24-7-9-29-54(50)58-55/h1-37H. The summed E-state index contributed by atoms with van der Waals surface area (Å²) < 4.78 is 6.16. The molecule has 0 aliphatic heterocycles. The first-order chi connectivity index (χ1) is 28.8. The van der Waals surface area contributed by atoms with E-state index in [4.69, 9.17) is 4.42 Å². The third kappa shape index (κ3) is 5.82. The average Bonchev–Trinajstić information content (AvgIpc) is 3.67. The van der Waals surface area contributed by atoms with Crippen LogP contribution < -0.4 is 4.90 Å². The predicted molar refractivity (Wildman–Crippen MR) is 245 cm³/mol. The summed E-state index contributed by atoms with van der Waals surface area (Å²) in [4.78, 5) is 2.42. The highest BCUT2D eigenvalue weighted by Gasteiger charge is 2.21. The second kappa shape index (κ2) is 14.1. The highest BCUT2D eigenvalue weighted by Crippen LogP contribution is 2.46. The van der Waals surface area contributed by atoms with E-state index in [9.17, 15) is 0 Å². The molecule has 0 radical (unpaired) electrons. The summed E-state index contributed by atoms with van der Waals surface area (Å²) in [5.74, 6) is 0. The minimum absolute atomic E-state index is 0.902. The van der Waals surface area contributed by atoms with Crippen LogP contribution in [0.4, 0.5) is 17.1 Å². The molecule has 0 bridgehead atoms. The zero-order valence-electron chi connectivity index (χ0n) is 31.7. The van der Waals surface area contributed by atoms with Gasteiger partial charge in [-0.2, -0.15) is 0 Å². The van der Waals surface area contributed by atoms with Crippen molar-refractivity contribution in [2.75, 3.05) is 4.90 Å². The molecular formula is C56H37NO. The lowest BCUT2D eigenvalue weighted by Gasteiger charge is -2.29. The SMILES string of the molecule is c1ccc(-c2cccc3cccc(-c4ccccc4N(c4ccc(-c5ccc6oc7ccccc7c6c5)cc4)c4cccc(-c5cccc6ccccc56)c4)c23)cc1. The van der Waals surface area contributed by atoms with Gasteiger partial charge in [-0.05, 0) is 109 Å². The van der Waals surface area contributed by atoms with Gasteiger partial charge in [0.15, 0.2) is 0 Å². The molecule has 0 unspecified atom stereocenters. The fourth-order valence-electron chi connectivity index (χ4n) is 8.75. The van der Waals surface area contributed by atoms with E-state index in [0.29, 0.717) is 0 Å². The Morgan fingerprint density at radius 1 is 0.293 bits per heavy atom. The molecule has 2 heteroatoms. The van der Waals surface area contributed by atoms with Crippen molar-refractivity contribution in [3.05, 3.63) is 224 Å². The summed E-state index contributed by atoms with van der Waals surface area (Å²) in [7, 11) is 0. The van der Waals surface area contributed by atoms with Crippen LogP contribution in [0, 0.1) is 0 Å². The third-order valence-corrected chi connectivity index (χ3v) is 11.5. The van der Waals surface area contributed by atoms with Crippen molar-refractivity contribution < 1.29 is 4.42 Å². The molecule has 0 saturated heterocycles. The van der Waals surface area contributed by atoms with Gasteiger partial charge in [-0.1, -0.05) is 176 Å². The highest BCUT2D eigenvalue weighted by atomic mass is 16.3. The number of hydrogen-bond donors (Lipinski definition) is 0. The van der Waals surface area contributed by atoms with Gasteiger partial charge >= 0.3 is 0 Å². The zero-order chi connectivity index (χ0) is 38.4. The summed E-state index contributed by atoms with van der Waals surface area (Å²) in [5.41, 5.74) is 14.5. The van der Waals surface area contributed by atoms with E-state index in [1.807, 2.05) is 12.1 Å². The highest BCUT2D eigenvalue weighted by molar-refractivity contribution is 6.09. The maximum Gasteiger partial charge on any atom is 0.135 e. The van der Waals surface area contributed by atoms with Crippen LogP contribution in [-0.2, 0) is 0 Å². The smallest absolute Gasteiger partial charge is 0.135 e. The average molecular weight is 740 g/mol. The van der Waals surface area contributed by atoms with Gasteiger partial charge in [-0.25, -0.2) is 0 Å². The molecule has 2 nitrogen and oxygen atoms in total. The van der Waals surface area contributed by atoms with Crippen molar-refractivity contribution in [1.82, 2.24) is 0 Å². The minimum atomic E-state index is 0.902. The fraction of sp³-hybridized carbons (Fsp3) is 0. The second-order valence-corrected chi connectivity index (χ2v) is 14.9. The molecule has 0 N–H and O–H groups in total. The molecule has 1 aromatic heterocycles. The van der Waals surface area contributed by atoms with Crippen molar-refractivity contribution in [3.8, 4) is 44.5 Å².